The largest absolute Gasteiger partial charge is 0.377 e. The van der Waals surface area contributed by atoms with E-state index in [0.717, 1.165) is 32.6 Å². The van der Waals surface area contributed by atoms with Crippen LogP contribution in [0.15, 0.2) is 0 Å². The monoisotopic (exact) mass is 213 g/mol. The molecule has 0 spiro atoms. The summed E-state index contributed by atoms with van der Waals surface area (Å²) in [6, 6.07) is 0.252. The summed E-state index contributed by atoms with van der Waals surface area (Å²) in [7, 11) is 0. The number of nitrogens with one attached hydrogen (secondary N) is 2. The molecule has 2 heterocycles. The number of hydrogen-bond acceptors (Lipinski definition) is 4. The molecule has 0 radical (unpaired) electrons. The molecule has 1 amide bonds. The Morgan fingerprint density at radius 1 is 1.40 bits per heavy atom. The lowest BCUT2D eigenvalue weighted by Gasteiger charge is -2.28. The summed E-state index contributed by atoms with van der Waals surface area (Å²) in [4.78, 5) is 13.8. The Bertz CT molecular complexity index is 211. The van der Waals surface area contributed by atoms with Crippen LogP contribution in [0.3, 0.4) is 0 Å². The van der Waals surface area contributed by atoms with E-state index < -0.39 is 0 Å². The number of carbonyl (C=O) groups is 1. The van der Waals surface area contributed by atoms with Crippen LogP contribution in [0.1, 0.15) is 6.42 Å². The van der Waals surface area contributed by atoms with Gasteiger partial charge >= 0.3 is 0 Å². The zero-order valence-corrected chi connectivity index (χ0v) is 9.00. The molecule has 2 N–H and O–H groups in total. The van der Waals surface area contributed by atoms with Crippen molar-refractivity contribution in [3.63, 3.8) is 0 Å². The Kier molecular flexibility index (Phi) is 3.94. The molecule has 5 nitrogen and oxygen atoms in total. The average molecular weight is 213 g/mol. The summed E-state index contributed by atoms with van der Waals surface area (Å²) >= 11 is 0. The van der Waals surface area contributed by atoms with Crippen molar-refractivity contribution in [2.45, 2.75) is 12.5 Å². The fraction of sp³-hybridized carbons (Fsp3) is 0.900. The molecule has 0 saturated carbocycles. The molecule has 0 aromatic rings. The molecular formula is C10H19N3O2. The molecule has 0 unspecified atom stereocenters. The van der Waals surface area contributed by atoms with Crippen molar-refractivity contribution in [1.82, 2.24) is 15.5 Å². The summed E-state index contributed by atoms with van der Waals surface area (Å²) < 4.78 is 5.01. The van der Waals surface area contributed by atoms with Crippen molar-refractivity contribution < 1.29 is 9.53 Å². The summed E-state index contributed by atoms with van der Waals surface area (Å²) in [5, 5.41) is 6.28. The minimum atomic E-state index is 0.130. The van der Waals surface area contributed by atoms with Crippen LogP contribution < -0.4 is 10.6 Å². The number of hydrogen-bond donors (Lipinski definition) is 2. The number of rotatable bonds is 3. The molecule has 2 aliphatic heterocycles. The number of ether oxygens (including phenoxy) is 1. The van der Waals surface area contributed by atoms with Crippen LogP contribution in [-0.4, -0.2) is 62.8 Å². The first kappa shape index (κ1) is 10.9. The van der Waals surface area contributed by atoms with Gasteiger partial charge in [0.15, 0.2) is 0 Å². The van der Waals surface area contributed by atoms with E-state index in [0.29, 0.717) is 19.8 Å². The second-order valence-electron chi connectivity index (χ2n) is 4.18. The molecule has 5 heteroatoms. The lowest BCUT2D eigenvalue weighted by molar-refractivity contribution is -0.126. The van der Waals surface area contributed by atoms with E-state index in [9.17, 15) is 4.79 Å². The van der Waals surface area contributed by atoms with Gasteiger partial charge in [-0.05, 0) is 19.5 Å². The molecule has 15 heavy (non-hydrogen) atoms. The lowest BCUT2D eigenvalue weighted by atomic mass is 10.2. The van der Waals surface area contributed by atoms with Crippen LogP contribution in [0.4, 0.5) is 0 Å². The Labute approximate surface area is 90.1 Å². The Hall–Kier alpha value is -0.650. The normalized spacial score (nSPS) is 24.3. The third kappa shape index (κ3) is 3.44. The summed E-state index contributed by atoms with van der Waals surface area (Å²) in [6.45, 7) is 5.91. The third-order valence-electron chi connectivity index (χ3n) is 2.80. The number of carbonyl (C=O) groups excluding carboxylic acids is 1. The molecule has 0 aromatic heterocycles. The SMILES string of the molecule is O=C(CN1CCCNCC1)NC1COC1. The van der Waals surface area contributed by atoms with Gasteiger partial charge in [-0.3, -0.25) is 9.69 Å². The van der Waals surface area contributed by atoms with Crippen LogP contribution in [0, 0.1) is 0 Å². The van der Waals surface area contributed by atoms with Gasteiger partial charge in [0.1, 0.15) is 0 Å². The van der Waals surface area contributed by atoms with Crippen LogP contribution in [0.2, 0.25) is 0 Å². The van der Waals surface area contributed by atoms with Gasteiger partial charge in [-0.2, -0.15) is 0 Å². The highest BCUT2D eigenvalue weighted by Gasteiger charge is 2.21. The first-order chi connectivity index (χ1) is 7.34. The zero-order chi connectivity index (χ0) is 10.5. The molecule has 2 aliphatic rings. The molecule has 0 bridgehead atoms. The fourth-order valence-corrected chi connectivity index (χ4v) is 1.86. The Morgan fingerprint density at radius 3 is 3.00 bits per heavy atom. The second kappa shape index (κ2) is 5.44. The Balaban J connectivity index is 1.67. The highest BCUT2D eigenvalue weighted by molar-refractivity contribution is 5.78. The van der Waals surface area contributed by atoms with E-state index in [1.165, 1.54) is 0 Å². The van der Waals surface area contributed by atoms with E-state index in [-0.39, 0.29) is 11.9 Å². The predicted octanol–water partition coefficient (Wildman–Crippen LogP) is -1.20. The lowest BCUT2D eigenvalue weighted by Crippen LogP contribution is -2.51. The Morgan fingerprint density at radius 2 is 2.27 bits per heavy atom. The maximum atomic E-state index is 11.6. The van der Waals surface area contributed by atoms with Gasteiger partial charge < -0.3 is 15.4 Å². The molecule has 2 rings (SSSR count). The van der Waals surface area contributed by atoms with E-state index in [1.807, 2.05) is 0 Å². The van der Waals surface area contributed by atoms with Gasteiger partial charge in [0.25, 0.3) is 0 Å². The summed E-state index contributed by atoms with van der Waals surface area (Å²) in [5.41, 5.74) is 0. The van der Waals surface area contributed by atoms with Gasteiger partial charge in [-0.15, -0.1) is 0 Å². The number of nitrogens with zero attached hydrogens (tertiary/aromatic N) is 1. The fourth-order valence-electron chi connectivity index (χ4n) is 1.86. The van der Waals surface area contributed by atoms with Crippen LogP contribution in [0.5, 0.6) is 0 Å². The first-order valence-electron chi connectivity index (χ1n) is 5.65. The van der Waals surface area contributed by atoms with E-state index >= 15 is 0 Å². The maximum Gasteiger partial charge on any atom is 0.234 e. The van der Waals surface area contributed by atoms with E-state index in [1.54, 1.807) is 0 Å². The molecule has 0 aromatic carbocycles. The molecule has 2 saturated heterocycles. The highest BCUT2D eigenvalue weighted by Crippen LogP contribution is 2.00. The van der Waals surface area contributed by atoms with Gasteiger partial charge in [0.05, 0.1) is 25.8 Å². The van der Waals surface area contributed by atoms with E-state index in [4.69, 9.17) is 4.74 Å². The summed E-state index contributed by atoms with van der Waals surface area (Å²) in [6.07, 6.45) is 1.12. The standard InChI is InChI=1S/C10H19N3O2/c14-10(12-9-7-15-8-9)6-13-4-1-2-11-3-5-13/h9,11H,1-8H2,(H,12,14). The summed E-state index contributed by atoms with van der Waals surface area (Å²) in [5.74, 6) is 0.130. The topological polar surface area (TPSA) is 53.6 Å². The zero-order valence-electron chi connectivity index (χ0n) is 9.00. The highest BCUT2D eigenvalue weighted by atomic mass is 16.5. The van der Waals surface area contributed by atoms with Crippen molar-refractivity contribution in [1.29, 1.82) is 0 Å². The second-order valence-corrected chi connectivity index (χ2v) is 4.18. The van der Waals surface area contributed by atoms with Crippen LogP contribution in [0.25, 0.3) is 0 Å². The van der Waals surface area contributed by atoms with Crippen LogP contribution in [-0.2, 0) is 9.53 Å². The minimum absolute atomic E-state index is 0.130. The van der Waals surface area contributed by atoms with Gasteiger partial charge in [-0.1, -0.05) is 0 Å². The molecule has 0 aliphatic carbocycles. The maximum absolute atomic E-state index is 11.6. The molecule has 86 valence electrons. The minimum Gasteiger partial charge on any atom is -0.377 e. The van der Waals surface area contributed by atoms with E-state index in [2.05, 4.69) is 15.5 Å². The van der Waals surface area contributed by atoms with Crippen molar-refractivity contribution >= 4 is 5.91 Å². The van der Waals surface area contributed by atoms with Crippen LogP contribution >= 0.6 is 0 Å². The van der Waals surface area contributed by atoms with Crippen molar-refractivity contribution in [2.24, 2.45) is 0 Å². The molecule has 2 fully saturated rings. The molecular weight excluding hydrogens is 194 g/mol. The number of amides is 1. The van der Waals surface area contributed by atoms with Gasteiger partial charge in [0.2, 0.25) is 5.91 Å². The van der Waals surface area contributed by atoms with Gasteiger partial charge in [0, 0.05) is 13.1 Å². The van der Waals surface area contributed by atoms with Gasteiger partial charge in [-0.25, -0.2) is 0 Å². The quantitative estimate of drug-likeness (QED) is 0.618. The average Bonchev–Trinajstić information content (AvgIpc) is 2.40. The van der Waals surface area contributed by atoms with Crippen molar-refractivity contribution in [2.75, 3.05) is 45.9 Å². The van der Waals surface area contributed by atoms with Crippen molar-refractivity contribution in [3.8, 4) is 0 Å². The smallest absolute Gasteiger partial charge is 0.234 e. The molecule has 0 atom stereocenters. The first-order valence-corrected chi connectivity index (χ1v) is 5.65. The predicted molar refractivity (Wildman–Crippen MR) is 56.7 cm³/mol. The van der Waals surface area contributed by atoms with Crippen molar-refractivity contribution in [3.05, 3.63) is 0 Å². The third-order valence-corrected chi connectivity index (χ3v) is 2.80.